The summed E-state index contributed by atoms with van der Waals surface area (Å²) in [5.41, 5.74) is 0.0489. The Hall–Kier alpha value is -2.63. The molecule has 3 rings (SSSR count). The number of carboxylic acid groups (broad SMARTS) is 1. The predicted molar refractivity (Wildman–Crippen MR) is 122 cm³/mol. The Balaban J connectivity index is 1.78. The molecular weight excluding hydrogens is 495 g/mol. The molecule has 2 aromatic rings. The molecule has 1 fully saturated rings. The Labute approximate surface area is 200 Å². The minimum atomic E-state index is -4.56. The summed E-state index contributed by atoms with van der Waals surface area (Å²) >= 11 is 6.04. The summed E-state index contributed by atoms with van der Waals surface area (Å²) < 4.78 is 65.4. The number of rotatable bonds is 7. The zero-order valence-electron chi connectivity index (χ0n) is 18.2. The van der Waals surface area contributed by atoms with Crippen molar-refractivity contribution in [1.29, 1.82) is 0 Å². The van der Waals surface area contributed by atoms with E-state index >= 15 is 0 Å². The van der Waals surface area contributed by atoms with Crippen LogP contribution in [0.4, 0.5) is 19.0 Å². The molecule has 12 heteroatoms. The van der Waals surface area contributed by atoms with Gasteiger partial charge in [0.15, 0.2) is 9.84 Å². The van der Waals surface area contributed by atoms with Crippen molar-refractivity contribution in [3.05, 3.63) is 64.8 Å². The summed E-state index contributed by atoms with van der Waals surface area (Å²) in [5, 5.41) is 7.85. The second kappa shape index (κ2) is 9.93. The molecule has 1 aliphatic rings. The van der Waals surface area contributed by atoms with Crippen molar-refractivity contribution in [2.75, 3.05) is 31.1 Å². The van der Waals surface area contributed by atoms with Gasteiger partial charge in [-0.3, -0.25) is 9.69 Å². The molecule has 0 radical (unpaired) electrons. The van der Waals surface area contributed by atoms with E-state index in [1.807, 2.05) is 0 Å². The number of sulfone groups is 1. The molecule has 1 aliphatic heterocycles. The van der Waals surface area contributed by atoms with Gasteiger partial charge in [0.05, 0.1) is 21.9 Å². The number of carboxylic acids is 1. The van der Waals surface area contributed by atoms with Crippen LogP contribution < -0.4 is 4.90 Å². The number of benzene rings is 1. The van der Waals surface area contributed by atoms with Gasteiger partial charge < -0.3 is 10.0 Å². The highest BCUT2D eigenvalue weighted by atomic mass is 35.5. The summed E-state index contributed by atoms with van der Waals surface area (Å²) in [5.74, 6) is -0.870. The number of aromatic nitrogens is 1. The lowest BCUT2D eigenvalue weighted by atomic mass is 10.1. The second-order valence-electron chi connectivity index (χ2n) is 7.95. The van der Waals surface area contributed by atoms with E-state index in [0.717, 1.165) is 12.3 Å². The van der Waals surface area contributed by atoms with Gasteiger partial charge in [-0.25, -0.2) is 13.4 Å². The van der Waals surface area contributed by atoms with Gasteiger partial charge in [-0.05, 0) is 36.2 Å². The number of hydrogen-bond acceptors (Lipinski definition) is 6. The first-order chi connectivity index (χ1) is 15.8. The van der Waals surface area contributed by atoms with E-state index in [1.54, 1.807) is 22.8 Å². The van der Waals surface area contributed by atoms with Gasteiger partial charge >= 0.3 is 12.1 Å². The van der Waals surface area contributed by atoms with Crippen molar-refractivity contribution in [1.82, 2.24) is 9.88 Å². The van der Waals surface area contributed by atoms with Gasteiger partial charge in [0.2, 0.25) is 0 Å². The average molecular weight is 518 g/mol. The third kappa shape index (κ3) is 5.70. The zero-order valence-corrected chi connectivity index (χ0v) is 19.8. The van der Waals surface area contributed by atoms with E-state index in [1.165, 1.54) is 18.2 Å². The summed E-state index contributed by atoms with van der Waals surface area (Å²) in [6.45, 7) is 6.47. The number of hydrogen-bond donors (Lipinski definition) is 1. The first-order valence-corrected chi connectivity index (χ1v) is 12.2. The van der Waals surface area contributed by atoms with Gasteiger partial charge in [-0.1, -0.05) is 23.7 Å². The highest BCUT2D eigenvalue weighted by Crippen LogP contribution is 2.34. The number of aliphatic carboxylic acids is 1. The molecule has 34 heavy (non-hydrogen) atoms. The molecule has 2 heterocycles. The Morgan fingerprint density at radius 3 is 2.41 bits per heavy atom. The minimum Gasteiger partial charge on any atom is -0.481 e. The van der Waals surface area contributed by atoms with Crippen LogP contribution in [0.25, 0.3) is 0 Å². The van der Waals surface area contributed by atoms with E-state index in [0.29, 0.717) is 11.1 Å². The molecule has 1 atom stereocenters. The lowest BCUT2D eigenvalue weighted by Gasteiger charge is -2.38. The summed E-state index contributed by atoms with van der Waals surface area (Å²) in [7, 11) is -3.91. The highest BCUT2D eigenvalue weighted by Gasteiger charge is 2.35. The largest absolute Gasteiger partial charge is 0.481 e. The van der Waals surface area contributed by atoms with E-state index in [2.05, 4.69) is 11.6 Å². The molecule has 1 saturated heterocycles. The maximum atomic E-state index is 13.4. The molecule has 1 N–H and O–H groups in total. The molecule has 1 unspecified atom stereocenters. The maximum absolute atomic E-state index is 13.4. The molecule has 7 nitrogen and oxygen atoms in total. The fraction of sp³-hybridized carbons (Fsp3) is 0.364. The van der Waals surface area contributed by atoms with Gasteiger partial charge in [-0.15, -0.1) is 6.58 Å². The highest BCUT2D eigenvalue weighted by molar-refractivity contribution is 7.92. The number of alkyl halides is 3. The van der Waals surface area contributed by atoms with Crippen LogP contribution in [0.1, 0.15) is 16.7 Å². The van der Waals surface area contributed by atoms with E-state index in [4.69, 9.17) is 16.7 Å². The van der Waals surface area contributed by atoms with Crippen molar-refractivity contribution in [3.8, 4) is 0 Å². The Morgan fingerprint density at radius 2 is 1.88 bits per heavy atom. The number of aryl methyl sites for hydroxylation is 1. The second-order valence-corrected chi connectivity index (χ2v) is 10.4. The molecule has 0 bridgehead atoms. The monoisotopic (exact) mass is 517 g/mol. The van der Waals surface area contributed by atoms with Gasteiger partial charge in [0.25, 0.3) is 0 Å². The van der Waals surface area contributed by atoms with Crippen LogP contribution in [0.15, 0.2) is 48.0 Å². The van der Waals surface area contributed by atoms with Crippen molar-refractivity contribution >= 4 is 33.2 Å². The van der Waals surface area contributed by atoms with Crippen LogP contribution >= 0.6 is 11.6 Å². The molecular formula is C22H23ClF3N3O4S. The maximum Gasteiger partial charge on any atom is 0.417 e. The number of pyridine rings is 1. The zero-order chi connectivity index (χ0) is 25.3. The van der Waals surface area contributed by atoms with Crippen molar-refractivity contribution in [2.24, 2.45) is 0 Å². The van der Waals surface area contributed by atoms with Crippen molar-refractivity contribution < 1.29 is 31.5 Å². The standard InChI is InChI=1S/C22H23ClF3N3O4S/c1-3-19(34(32,33)17-9-14(2)8-15(10-17)11-20(30)31)28-4-6-29(7-5-28)21-18(23)12-16(13-27-21)22(24,25)26/h3,8-10,12-13,19H,1,4-7,11H2,2H3,(H,30,31). The minimum absolute atomic E-state index is 0.00327. The van der Waals surface area contributed by atoms with E-state index in [9.17, 15) is 26.4 Å². The topological polar surface area (TPSA) is 90.8 Å². The molecule has 184 valence electrons. The van der Waals surface area contributed by atoms with Crippen molar-refractivity contribution in [2.45, 2.75) is 29.8 Å². The van der Waals surface area contributed by atoms with E-state index < -0.39 is 32.9 Å². The molecule has 0 amide bonds. The van der Waals surface area contributed by atoms with Gasteiger partial charge in [-0.2, -0.15) is 13.2 Å². The number of piperazine rings is 1. The lowest BCUT2D eigenvalue weighted by molar-refractivity contribution is -0.138. The number of anilines is 1. The van der Waals surface area contributed by atoms with Gasteiger partial charge in [0, 0.05) is 32.4 Å². The Morgan fingerprint density at radius 1 is 1.24 bits per heavy atom. The summed E-state index contributed by atoms with van der Waals surface area (Å²) in [4.78, 5) is 18.3. The van der Waals surface area contributed by atoms with Crippen LogP contribution in [0.2, 0.25) is 5.02 Å². The average Bonchev–Trinajstić information content (AvgIpc) is 2.73. The van der Waals surface area contributed by atoms with E-state index in [-0.39, 0.29) is 48.3 Å². The van der Waals surface area contributed by atoms with Crippen LogP contribution in [0.3, 0.4) is 0 Å². The molecule has 1 aromatic heterocycles. The molecule has 0 saturated carbocycles. The fourth-order valence-electron chi connectivity index (χ4n) is 3.88. The summed E-state index contributed by atoms with van der Waals surface area (Å²) in [6, 6.07) is 5.28. The number of carbonyl (C=O) groups is 1. The fourth-order valence-corrected chi connectivity index (χ4v) is 5.97. The third-order valence-electron chi connectivity index (χ3n) is 5.44. The lowest BCUT2D eigenvalue weighted by Crippen LogP contribution is -2.52. The van der Waals surface area contributed by atoms with Crippen LogP contribution in [-0.4, -0.2) is 60.9 Å². The Kier molecular flexibility index (Phi) is 7.59. The quantitative estimate of drug-likeness (QED) is 0.559. The Bertz CT molecular complexity index is 1200. The van der Waals surface area contributed by atoms with Crippen molar-refractivity contribution in [3.63, 3.8) is 0 Å². The number of nitrogens with zero attached hydrogens (tertiary/aromatic N) is 3. The first kappa shape index (κ1) is 26.0. The SMILES string of the molecule is C=CC(N1CCN(c2ncc(C(F)(F)F)cc2Cl)CC1)S(=O)(=O)c1cc(C)cc(CC(=O)O)c1. The predicted octanol–water partition coefficient (Wildman–Crippen LogP) is 3.80. The first-order valence-electron chi connectivity index (χ1n) is 10.2. The van der Waals surface area contributed by atoms with Crippen LogP contribution in [0, 0.1) is 6.92 Å². The normalized spacial score (nSPS) is 16.3. The van der Waals surface area contributed by atoms with Gasteiger partial charge in [0.1, 0.15) is 11.2 Å². The van der Waals surface area contributed by atoms with Crippen LogP contribution in [-0.2, 0) is 27.2 Å². The molecule has 1 aromatic carbocycles. The smallest absolute Gasteiger partial charge is 0.417 e. The molecule has 0 spiro atoms. The summed E-state index contributed by atoms with van der Waals surface area (Å²) in [6.07, 6.45) is -2.83. The number of halogens is 4. The third-order valence-corrected chi connectivity index (χ3v) is 7.73. The van der Waals surface area contributed by atoms with Crippen LogP contribution in [0.5, 0.6) is 0 Å². The molecule has 0 aliphatic carbocycles.